The third kappa shape index (κ3) is 7.55. The third-order valence-electron chi connectivity index (χ3n) is 13.1. The summed E-state index contributed by atoms with van der Waals surface area (Å²) >= 11 is 0. The van der Waals surface area contributed by atoms with E-state index in [4.69, 9.17) is 4.74 Å². The number of fused-ring (bicyclic) bond motifs is 2. The summed E-state index contributed by atoms with van der Waals surface area (Å²) in [5.41, 5.74) is 2.31. The lowest BCUT2D eigenvalue weighted by atomic mass is 9.93. The van der Waals surface area contributed by atoms with Crippen molar-refractivity contribution >= 4 is 64.3 Å². The maximum Gasteiger partial charge on any atom is 0.342 e. The average molecular weight is 855 g/mol. The van der Waals surface area contributed by atoms with Gasteiger partial charge in [-0.15, -0.1) is 0 Å². The normalized spacial score (nSPS) is 22.3. The second kappa shape index (κ2) is 16.2. The van der Waals surface area contributed by atoms with Crippen LogP contribution in [0.1, 0.15) is 82.4 Å². The largest absolute Gasteiger partial charge is 0.495 e. The highest BCUT2D eigenvalue weighted by atomic mass is 19.3. The van der Waals surface area contributed by atoms with Crippen LogP contribution in [0.3, 0.4) is 0 Å². The van der Waals surface area contributed by atoms with Gasteiger partial charge in [0.25, 0.3) is 23.6 Å². The molecule has 0 radical (unpaired) electrons. The summed E-state index contributed by atoms with van der Waals surface area (Å²) in [5.74, 6) is -6.08. The zero-order valence-corrected chi connectivity index (χ0v) is 34.5. The molecule has 1 atom stereocenters. The Morgan fingerprint density at radius 3 is 2.45 bits per heavy atom. The van der Waals surface area contributed by atoms with Crippen LogP contribution in [0.5, 0.6) is 5.75 Å². The van der Waals surface area contributed by atoms with E-state index in [1.165, 1.54) is 20.4 Å². The molecule has 19 heteroatoms. The van der Waals surface area contributed by atoms with Crippen molar-refractivity contribution in [1.29, 1.82) is 0 Å². The third-order valence-corrected chi connectivity index (χ3v) is 13.1. The highest BCUT2D eigenvalue weighted by molar-refractivity contribution is 6.25. The topological polar surface area (TPSA) is 190 Å². The molecular weight excluding hydrogens is 807 g/mol. The van der Waals surface area contributed by atoms with Gasteiger partial charge in [-0.2, -0.15) is 13.8 Å². The Balaban J connectivity index is 0.777. The molecule has 62 heavy (non-hydrogen) atoms. The van der Waals surface area contributed by atoms with Gasteiger partial charge >= 0.3 is 5.92 Å². The number of imide groups is 2. The van der Waals surface area contributed by atoms with E-state index in [0.717, 1.165) is 54.9 Å². The monoisotopic (exact) mass is 854 g/mol. The van der Waals surface area contributed by atoms with Gasteiger partial charge < -0.3 is 30.1 Å². The second-order valence-corrected chi connectivity index (χ2v) is 17.0. The fourth-order valence-electron chi connectivity index (χ4n) is 9.72. The van der Waals surface area contributed by atoms with Gasteiger partial charge in [-0.3, -0.25) is 43.9 Å². The van der Waals surface area contributed by atoms with E-state index in [2.05, 4.69) is 35.7 Å². The van der Waals surface area contributed by atoms with Gasteiger partial charge in [0.1, 0.15) is 17.5 Å². The number of benzene rings is 2. The number of amides is 6. The predicted molar refractivity (Wildman–Crippen MR) is 222 cm³/mol. The Morgan fingerprint density at radius 2 is 1.73 bits per heavy atom. The highest BCUT2D eigenvalue weighted by Crippen LogP contribution is 2.41. The average Bonchev–Trinajstić information content (AvgIpc) is 3.86. The molecule has 6 heterocycles. The van der Waals surface area contributed by atoms with Crippen LogP contribution in [-0.4, -0.2) is 133 Å². The Hall–Kier alpha value is -6.24. The number of carbonyl (C=O) groups excluding carboxylic acids is 6. The van der Waals surface area contributed by atoms with E-state index in [1.807, 2.05) is 6.07 Å². The quantitative estimate of drug-likeness (QED) is 0.252. The minimum absolute atomic E-state index is 0.0395. The summed E-state index contributed by atoms with van der Waals surface area (Å²) < 4.78 is 35.7. The van der Waals surface area contributed by atoms with Crippen LogP contribution in [0.25, 0.3) is 0 Å². The Kier molecular flexibility index (Phi) is 10.8. The van der Waals surface area contributed by atoms with Crippen molar-refractivity contribution in [2.45, 2.75) is 75.4 Å². The van der Waals surface area contributed by atoms with Gasteiger partial charge in [0.2, 0.25) is 17.8 Å². The van der Waals surface area contributed by atoms with E-state index in [0.29, 0.717) is 60.3 Å². The smallest absolute Gasteiger partial charge is 0.342 e. The molecule has 0 spiro atoms. The van der Waals surface area contributed by atoms with Crippen LogP contribution in [0.4, 0.5) is 37.6 Å². The van der Waals surface area contributed by atoms with Crippen molar-refractivity contribution in [1.82, 2.24) is 30.4 Å². The number of methoxy groups -OCH3 is 1. The number of piperidine rings is 2. The Morgan fingerprint density at radius 1 is 0.968 bits per heavy atom. The minimum Gasteiger partial charge on any atom is -0.495 e. The standard InChI is InChI=1S/C43H48F2N10O7/c1-51-32-19-46-42(50-36(32)54(27-6-3-4-7-27)23-43(44,45)41(51)61)48-29-11-10-25(18-33(29)62-2)37(57)47-26-21-52(22-26)20-24-14-16-53(17-15-24)30-9-5-8-28-35(30)40(60)55(39(28)59)31-12-13-34(56)49-38(31)58/h5,8-11,18-19,24,26-27,31H,3-4,6-7,12-17,20-23H2,1-2H3,(H,47,57)(H,46,48,50)(H,49,56,58). The number of hydrogen-bond donors (Lipinski definition) is 3. The summed E-state index contributed by atoms with van der Waals surface area (Å²) in [6.07, 6.45) is 6.55. The van der Waals surface area contributed by atoms with Crippen LogP contribution >= 0.6 is 0 Å². The van der Waals surface area contributed by atoms with Gasteiger partial charge in [0, 0.05) is 57.8 Å². The molecule has 4 fully saturated rings. The first-order chi connectivity index (χ1) is 29.8. The van der Waals surface area contributed by atoms with Gasteiger partial charge in [-0.05, 0) is 68.4 Å². The molecule has 6 aliphatic rings. The van der Waals surface area contributed by atoms with E-state index in [1.54, 1.807) is 35.2 Å². The van der Waals surface area contributed by atoms with Crippen LogP contribution in [0.2, 0.25) is 0 Å². The molecule has 6 amide bonds. The van der Waals surface area contributed by atoms with Crippen LogP contribution < -0.4 is 35.4 Å². The number of ether oxygens (including phenoxy) is 1. The molecule has 1 unspecified atom stereocenters. The maximum absolute atomic E-state index is 15.0. The fraction of sp³-hybridized carbons (Fsp3) is 0.488. The van der Waals surface area contributed by atoms with E-state index >= 15 is 8.78 Å². The number of hydrogen-bond acceptors (Lipinski definition) is 13. The first-order valence-corrected chi connectivity index (χ1v) is 21.2. The number of halogens is 2. The molecule has 1 aliphatic carbocycles. The van der Waals surface area contributed by atoms with Crippen LogP contribution in [-0.2, 0) is 14.4 Å². The minimum atomic E-state index is -3.59. The summed E-state index contributed by atoms with van der Waals surface area (Å²) in [4.78, 5) is 94.1. The Bertz CT molecular complexity index is 2340. The van der Waals surface area contributed by atoms with Gasteiger partial charge in [0.15, 0.2) is 5.82 Å². The first kappa shape index (κ1) is 41.1. The number of nitrogens with zero attached hydrogens (tertiary/aromatic N) is 7. The molecule has 17 nitrogen and oxygen atoms in total. The fourth-order valence-corrected chi connectivity index (χ4v) is 9.72. The zero-order valence-electron chi connectivity index (χ0n) is 34.5. The number of aromatic nitrogens is 2. The lowest BCUT2D eigenvalue weighted by molar-refractivity contribution is -0.140. The molecule has 9 rings (SSSR count). The highest BCUT2D eigenvalue weighted by Gasteiger charge is 2.49. The molecule has 3 aromatic rings. The maximum atomic E-state index is 15.0. The van der Waals surface area contributed by atoms with Crippen molar-refractivity contribution in [3.63, 3.8) is 0 Å². The van der Waals surface area contributed by atoms with E-state index < -0.39 is 48.0 Å². The van der Waals surface area contributed by atoms with Gasteiger partial charge in [0.05, 0.1) is 48.4 Å². The molecule has 5 aliphatic heterocycles. The number of likely N-dealkylation sites (tertiary alicyclic amines) is 1. The lowest BCUT2D eigenvalue weighted by Crippen LogP contribution is -2.60. The van der Waals surface area contributed by atoms with Crippen LogP contribution in [0, 0.1) is 5.92 Å². The van der Waals surface area contributed by atoms with Crippen molar-refractivity contribution in [3.8, 4) is 5.75 Å². The van der Waals surface area contributed by atoms with Gasteiger partial charge in [-0.25, -0.2) is 4.98 Å². The molecule has 2 aromatic carbocycles. The molecule has 0 bridgehead atoms. The molecule has 1 aromatic heterocycles. The van der Waals surface area contributed by atoms with Crippen molar-refractivity contribution in [2.24, 2.45) is 5.92 Å². The van der Waals surface area contributed by atoms with Crippen molar-refractivity contribution in [3.05, 3.63) is 59.3 Å². The van der Waals surface area contributed by atoms with E-state index in [9.17, 15) is 28.8 Å². The Labute approximate surface area is 356 Å². The lowest BCUT2D eigenvalue weighted by Gasteiger charge is -2.43. The summed E-state index contributed by atoms with van der Waals surface area (Å²) in [7, 11) is 2.78. The predicted octanol–water partition coefficient (Wildman–Crippen LogP) is 3.32. The summed E-state index contributed by atoms with van der Waals surface area (Å²) in [6, 6.07) is 8.91. The molecule has 1 saturated carbocycles. The number of alkyl halides is 2. The number of nitrogens with one attached hydrogen (secondary N) is 3. The zero-order chi connectivity index (χ0) is 43.4. The van der Waals surface area contributed by atoms with E-state index in [-0.39, 0.29) is 53.8 Å². The summed E-state index contributed by atoms with van der Waals surface area (Å²) in [6.45, 7) is 2.87. The number of anilines is 5. The van der Waals surface area contributed by atoms with Crippen LogP contribution in [0.15, 0.2) is 42.6 Å². The first-order valence-electron chi connectivity index (χ1n) is 21.2. The summed E-state index contributed by atoms with van der Waals surface area (Å²) in [5, 5.41) is 8.45. The molecular formula is C43H48F2N10O7. The molecule has 3 N–H and O–H groups in total. The number of carbonyl (C=O) groups is 6. The molecule has 3 saturated heterocycles. The van der Waals surface area contributed by atoms with Crippen molar-refractivity contribution < 1.29 is 42.3 Å². The SMILES string of the molecule is COc1cc(C(=O)NC2CN(CC3CCN(c4cccc5c4C(=O)N(C4CCC(=O)NC4=O)C5=O)CC3)C2)ccc1Nc1ncc2c(n1)N(C1CCCC1)CC(F)(F)C(=O)N2C. The number of rotatable bonds is 10. The van der Waals surface area contributed by atoms with Crippen molar-refractivity contribution in [2.75, 3.05) is 73.4 Å². The molecule has 326 valence electrons. The second-order valence-electron chi connectivity index (χ2n) is 17.0. The van der Waals surface area contributed by atoms with Gasteiger partial charge in [-0.1, -0.05) is 18.9 Å².